The molecule has 1 aromatic heterocycles. The van der Waals surface area contributed by atoms with Gasteiger partial charge in [0.05, 0.1) is 10.5 Å². The number of aliphatic carboxylic acids is 1. The van der Waals surface area contributed by atoms with Gasteiger partial charge in [-0.3, -0.25) is 14.4 Å². The minimum Gasteiger partial charge on any atom is -0.481 e. The minimum absolute atomic E-state index is 0.0506. The lowest BCUT2D eigenvalue weighted by Gasteiger charge is -2.11. The van der Waals surface area contributed by atoms with E-state index < -0.39 is 21.9 Å². The molecule has 2 aliphatic rings. The van der Waals surface area contributed by atoms with Gasteiger partial charge in [0.2, 0.25) is 10.0 Å². The molecule has 1 aliphatic carbocycles. The Morgan fingerprint density at radius 2 is 2.00 bits per heavy atom. The Morgan fingerprint density at radius 1 is 1.23 bits per heavy atom. The fourth-order valence-corrected chi connectivity index (χ4v) is 4.48. The number of carboxylic acids is 1. The number of carboxylic acid groups (broad SMARTS) is 1. The molecule has 0 radical (unpaired) electrons. The lowest BCUT2D eigenvalue weighted by molar-refractivity contribution is -0.137. The van der Waals surface area contributed by atoms with Crippen molar-refractivity contribution in [2.45, 2.75) is 37.0 Å². The number of rotatable bonds is 5. The Bertz CT molecular complexity index is 1240. The van der Waals surface area contributed by atoms with Gasteiger partial charge in [0.15, 0.2) is 5.78 Å². The largest absolute Gasteiger partial charge is 0.481 e. The van der Waals surface area contributed by atoms with Crippen LogP contribution in [0.2, 0.25) is 0 Å². The maximum Gasteiger partial charge on any atom is 0.303 e. The van der Waals surface area contributed by atoms with E-state index in [1.54, 1.807) is 0 Å². The fourth-order valence-electron chi connectivity index (χ4n) is 3.94. The van der Waals surface area contributed by atoms with Crippen LogP contribution in [0.5, 0.6) is 0 Å². The lowest BCUT2D eigenvalue weighted by atomic mass is 9.91. The molecule has 1 aromatic carbocycles. The van der Waals surface area contributed by atoms with E-state index in [0.717, 1.165) is 5.69 Å². The third kappa shape index (κ3) is 3.55. The number of ketones is 1. The summed E-state index contributed by atoms with van der Waals surface area (Å²) in [6.45, 7) is 0. The van der Waals surface area contributed by atoms with Gasteiger partial charge in [0, 0.05) is 41.0 Å². The van der Waals surface area contributed by atoms with Crippen LogP contribution in [0.25, 0.3) is 11.6 Å². The molecule has 156 valence electrons. The number of carbonyl (C=O) groups excluding carboxylic acids is 2. The zero-order chi connectivity index (χ0) is 21.6. The Morgan fingerprint density at radius 3 is 2.70 bits per heavy atom. The molecule has 0 saturated carbocycles. The third-order valence-corrected chi connectivity index (χ3v) is 6.21. The summed E-state index contributed by atoms with van der Waals surface area (Å²) in [5.74, 6) is -1.47. The molecule has 2 aromatic rings. The number of sulfonamides is 1. The van der Waals surface area contributed by atoms with Crippen LogP contribution in [0, 0.1) is 0 Å². The van der Waals surface area contributed by atoms with Crippen LogP contribution >= 0.6 is 0 Å². The normalized spacial score (nSPS) is 17.0. The van der Waals surface area contributed by atoms with Crippen LogP contribution in [-0.2, 0) is 32.5 Å². The zero-order valence-corrected chi connectivity index (χ0v) is 16.6. The molecule has 0 spiro atoms. The first kappa shape index (κ1) is 20.0. The quantitative estimate of drug-likeness (QED) is 0.529. The van der Waals surface area contributed by atoms with Gasteiger partial charge in [-0.2, -0.15) is 0 Å². The average molecular weight is 429 g/mol. The summed E-state index contributed by atoms with van der Waals surface area (Å²) in [6.07, 6.45) is 3.26. The zero-order valence-electron chi connectivity index (χ0n) is 15.8. The number of Topliss-reactive ketones (excluding diaryl/α,β-unsaturated/α-hetero) is 1. The molecular formula is C20H19N3O6S. The number of aromatic amines is 1. The molecule has 30 heavy (non-hydrogen) atoms. The molecule has 0 bridgehead atoms. The maximum absolute atomic E-state index is 12.5. The number of aryl methyl sites for hydroxylation is 1. The Labute approximate surface area is 172 Å². The highest BCUT2D eigenvalue weighted by Crippen LogP contribution is 2.36. The van der Waals surface area contributed by atoms with Gasteiger partial charge in [-0.25, -0.2) is 13.6 Å². The fraction of sp³-hybridized carbons (Fsp3) is 0.250. The second kappa shape index (κ2) is 7.22. The highest BCUT2D eigenvalue weighted by atomic mass is 32.2. The van der Waals surface area contributed by atoms with Crippen LogP contribution < -0.4 is 10.5 Å². The lowest BCUT2D eigenvalue weighted by Crippen LogP contribution is -2.12. The van der Waals surface area contributed by atoms with E-state index in [-0.39, 0.29) is 29.1 Å². The number of aromatic nitrogens is 1. The molecule has 0 saturated heterocycles. The van der Waals surface area contributed by atoms with Gasteiger partial charge in [0.25, 0.3) is 5.91 Å². The molecule has 1 amide bonds. The molecule has 10 heteroatoms. The Hall–Kier alpha value is -3.24. The number of hydrogen-bond donors (Lipinski definition) is 4. The summed E-state index contributed by atoms with van der Waals surface area (Å²) < 4.78 is 23.4. The number of nitrogens with one attached hydrogen (secondary N) is 2. The number of benzene rings is 1. The molecule has 5 N–H and O–H groups in total. The van der Waals surface area contributed by atoms with E-state index >= 15 is 0 Å². The molecule has 2 heterocycles. The molecule has 4 rings (SSSR count). The van der Waals surface area contributed by atoms with Crippen LogP contribution in [0.3, 0.4) is 0 Å². The monoisotopic (exact) mass is 429 g/mol. The molecule has 0 atom stereocenters. The van der Waals surface area contributed by atoms with Crippen LogP contribution in [0.1, 0.15) is 52.1 Å². The molecule has 9 nitrogen and oxygen atoms in total. The van der Waals surface area contributed by atoms with Crippen molar-refractivity contribution < 1.29 is 27.9 Å². The highest BCUT2D eigenvalue weighted by molar-refractivity contribution is 7.89. The summed E-state index contributed by atoms with van der Waals surface area (Å²) in [5, 5.41) is 17.0. The predicted molar refractivity (Wildman–Crippen MR) is 108 cm³/mol. The SMILES string of the molecule is NS(=O)(=O)c1ccc2c(c1)/C(=C/c1[nH]c3c(c1CCC(=O)O)C(=O)CCC3)C(=O)N2. The summed E-state index contributed by atoms with van der Waals surface area (Å²) in [7, 11) is -3.96. The van der Waals surface area contributed by atoms with Crippen molar-refractivity contribution in [1.82, 2.24) is 4.98 Å². The first-order valence-corrected chi connectivity index (χ1v) is 10.9. The van der Waals surface area contributed by atoms with E-state index in [9.17, 15) is 22.8 Å². The van der Waals surface area contributed by atoms with Gasteiger partial charge in [-0.1, -0.05) is 0 Å². The van der Waals surface area contributed by atoms with Gasteiger partial charge in [0.1, 0.15) is 0 Å². The molecule has 1 aliphatic heterocycles. The second-order valence-electron chi connectivity index (χ2n) is 7.31. The van der Waals surface area contributed by atoms with Gasteiger partial charge in [-0.05, 0) is 49.1 Å². The minimum atomic E-state index is -3.96. The first-order valence-electron chi connectivity index (χ1n) is 9.34. The summed E-state index contributed by atoms with van der Waals surface area (Å²) in [4.78, 5) is 39.2. The van der Waals surface area contributed by atoms with E-state index in [1.807, 2.05) is 0 Å². The van der Waals surface area contributed by atoms with Crippen molar-refractivity contribution in [3.63, 3.8) is 0 Å². The number of anilines is 1. The maximum atomic E-state index is 12.5. The van der Waals surface area contributed by atoms with Crippen LogP contribution in [-0.4, -0.2) is 36.2 Å². The number of carbonyl (C=O) groups is 3. The van der Waals surface area contributed by atoms with E-state index in [4.69, 9.17) is 10.2 Å². The number of amides is 1. The van der Waals surface area contributed by atoms with Crippen molar-refractivity contribution in [2.75, 3.05) is 5.32 Å². The average Bonchev–Trinajstić information content (AvgIpc) is 3.17. The molecular weight excluding hydrogens is 410 g/mol. The van der Waals surface area contributed by atoms with E-state index in [1.165, 1.54) is 24.3 Å². The number of fused-ring (bicyclic) bond motifs is 2. The highest BCUT2D eigenvalue weighted by Gasteiger charge is 2.29. The molecule has 0 fully saturated rings. The Balaban J connectivity index is 1.85. The van der Waals surface area contributed by atoms with Crippen molar-refractivity contribution in [1.29, 1.82) is 0 Å². The summed E-state index contributed by atoms with van der Waals surface area (Å²) >= 11 is 0. The number of nitrogens with two attached hydrogens (primary N) is 1. The summed E-state index contributed by atoms with van der Waals surface area (Å²) in [5.41, 5.74) is 3.30. The van der Waals surface area contributed by atoms with Crippen molar-refractivity contribution in [3.8, 4) is 0 Å². The van der Waals surface area contributed by atoms with Crippen LogP contribution in [0.15, 0.2) is 23.1 Å². The van der Waals surface area contributed by atoms with Gasteiger partial charge < -0.3 is 15.4 Å². The Kier molecular flexibility index (Phi) is 4.83. The predicted octanol–water partition coefficient (Wildman–Crippen LogP) is 1.69. The first-order chi connectivity index (χ1) is 14.1. The smallest absolute Gasteiger partial charge is 0.303 e. The topological polar surface area (TPSA) is 159 Å². The number of H-pyrrole nitrogens is 1. The summed E-state index contributed by atoms with van der Waals surface area (Å²) in [6, 6.07) is 4.09. The van der Waals surface area contributed by atoms with Crippen molar-refractivity contribution in [3.05, 3.63) is 46.3 Å². The van der Waals surface area contributed by atoms with Crippen molar-refractivity contribution in [2.24, 2.45) is 5.14 Å². The molecule has 0 unspecified atom stereocenters. The van der Waals surface area contributed by atoms with Gasteiger partial charge in [-0.15, -0.1) is 0 Å². The second-order valence-corrected chi connectivity index (χ2v) is 8.87. The third-order valence-electron chi connectivity index (χ3n) is 5.30. The van der Waals surface area contributed by atoms with Crippen LogP contribution in [0.4, 0.5) is 5.69 Å². The number of primary sulfonamides is 1. The number of hydrogen-bond acceptors (Lipinski definition) is 5. The van der Waals surface area contributed by atoms with E-state index in [2.05, 4.69) is 10.3 Å². The van der Waals surface area contributed by atoms with Gasteiger partial charge >= 0.3 is 5.97 Å². The van der Waals surface area contributed by atoms with E-state index in [0.29, 0.717) is 47.3 Å². The van der Waals surface area contributed by atoms with Crippen molar-refractivity contribution >= 4 is 45.0 Å². The standard InChI is InChI=1S/C20H19N3O6S/c21-30(28,29)10-4-6-14-12(8-10)13(20(27)23-14)9-16-11(5-7-18(25)26)19-15(22-16)2-1-3-17(19)24/h4,6,8-9,22H,1-3,5,7H2,(H,23,27)(H,25,26)(H2,21,28,29)/b13-9-.